The van der Waals surface area contributed by atoms with Gasteiger partial charge in [-0.1, -0.05) is 41.9 Å². The summed E-state index contributed by atoms with van der Waals surface area (Å²) < 4.78 is 5.73. The number of hydrogen-bond acceptors (Lipinski definition) is 4. The van der Waals surface area contributed by atoms with Crippen molar-refractivity contribution in [2.75, 3.05) is 6.61 Å². The van der Waals surface area contributed by atoms with Crippen LogP contribution in [0.4, 0.5) is 4.79 Å². The van der Waals surface area contributed by atoms with Gasteiger partial charge in [0, 0.05) is 0 Å². The molecule has 1 N–H and O–H groups in total. The molecule has 1 fully saturated rings. The lowest BCUT2D eigenvalue weighted by atomic mass is 10.1. The third kappa shape index (κ3) is 4.87. The standard InChI is InChI=1S/C19H16ClNO3S/c20-16-12-15(24-10-4-7-13-5-2-1-3-6-13)9-8-14(16)11-17-18(22)21-19(23)25-17/h1-3,5-6,8-9,11-12H,4,7,10H2,(H,21,22,23)/b17-11-. The molecule has 0 aromatic heterocycles. The Morgan fingerprint density at radius 3 is 2.60 bits per heavy atom. The molecule has 0 bridgehead atoms. The SMILES string of the molecule is O=C1NC(=O)/C(=C/c2ccc(OCCCc3ccccc3)cc2Cl)S1. The Kier molecular flexibility index (Phi) is 5.79. The molecule has 1 aliphatic heterocycles. The number of ether oxygens (including phenoxy) is 1. The lowest BCUT2D eigenvalue weighted by molar-refractivity contribution is -0.115. The van der Waals surface area contributed by atoms with Crippen LogP contribution in [-0.4, -0.2) is 17.8 Å². The van der Waals surface area contributed by atoms with E-state index in [2.05, 4.69) is 17.4 Å². The minimum absolute atomic E-state index is 0.337. The maximum Gasteiger partial charge on any atom is 0.290 e. The van der Waals surface area contributed by atoms with Crippen molar-refractivity contribution >= 4 is 40.6 Å². The van der Waals surface area contributed by atoms with E-state index < -0.39 is 5.91 Å². The molecular formula is C19H16ClNO3S. The molecule has 1 aliphatic rings. The van der Waals surface area contributed by atoms with Crippen LogP contribution in [0, 0.1) is 0 Å². The predicted octanol–water partition coefficient (Wildman–Crippen LogP) is 4.68. The van der Waals surface area contributed by atoms with Crippen molar-refractivity contribution in [2.24, 2.45) is 0 Å². The molecule has 1 heterocycles. The second-order valence-corrected chi connectivity index (χ2v) is 6.90. The highest BCUT2D eigenvalue weighted by Crippen LogP contribution is 2.30. The predicted molar refractivity (Wildman–Crippen MR) is 101 cm³/mol. The van der Waals surface area contributed by atoms with Gasteiger partial charge in [0.15, 0.2) is 0 Å². The quantitative estimate of drug-likeness (QED) is 0.590. The highest BCUT2D eigenvalue weighted by atomic mass is 35.5. The zero-order valence-corrected chi connectivity index (χ0v) is 14.9. The Balaban J connectivity index is 1.56. The molecule has 25 heavy (non-hydrogen) atoms. The number of amides is 2. The number of halogens is 1. The van der Waals surface area contributed by atoms with E-state index in [1.54, 1.807) is 24.3 Å². The molecule has 6 heteroatoms. The number of aryl methyl sites for hydroxylation is 1. The lowest BCUT2D eigenvalue weighted by Crippen LogP contribution is -2.17. The Morgan fingerprint density at radius 1 is 1.12 bits per heavy atom. The van der Waals surface area contributed by atoms with Crippen LogP contribution >= 0.6 is 23.4 Å². The number of benzene rings is 2. The van der Waals surface area contributed by atoms with Gasteiger partial charge >= 0.3 is 0 Å². The number of hydrogen-bond donors (Lipinski definition) is 1. The van der Waals surface area contributed by atoms with Crippen molar-refractivity contribution in [1.29, 1.82) is 0 Å². The van der Waals surface area contributed by atoms with Crippen molar-refractivity contribution in [1.82, 2.24) is 5.32 Å². The Hall–Kier alpha value is -2.24. The van der Waals surface area contributed by atoms with Crippen molar-refractivity contribution in [3.8, 4) is 5.75 Å². The van der Waals surface area contributed by atoms with Crippen molar-refractivity contribution < 1.29 is 14.3 Å². The van der Waals surface area contributed by atoms with E-state index in [0.717, 1.165) is 24.6 Å². The number of imide groups is 1. The second-order valence-electron chi connectivity index (χ2n) is 5.47. The molecule has 0 aliphatic carbocycles. The van der Waals surface area contributed by atoms with E-state index in [-0.39, 0.29) is 5.24 Å². The summed E-state index contributed by atoms with van der Waals surface area (Å²) in [6, 6.07) is 15.6. The summed E-state index contributed by atoms with van der Waals surface area (Å²) in [5.74, 6) is 0.284. The number of carbonyl (C=O) groups excluding carboxylic acids is 2. The molecule has 128 valence electrons. The van der Waals surface area contributed by atoms with Crippen LogP contribution < -0.4 is 10.1 Å². The zero-order valence-electron chi connectivity index (χ0n) is 13.3. The summed E-state index contributed by atoms with van der Waals surface area (Å²) >= 11 is 7.12. The molecule has 2 amide bonds. The van der Waals surface area contributed by atoms with E-state index in [0.29, 0.717) is 27.8 Å². The van der Waals surface area contributed by atoms with Gasteiger partial charge in [0.1, 0.15) is 5.75 Å². The highest BCUT2D eigenvalue weighted by molar-refractivity contribution is 8.18. The van der Waals surface area contributed by atoms with Crippen LogP contribution in [0.15, 0.2) is 53.4 Å². The van der Waals surface area contributed by atoms with Crippen LogP contribution in [0.5, 0.6) is 5.75 Å². The number of carbonyl (C=O) groups is 2. The third-order valence-electron chi connectivity index (χ3n) is 3.62. The molecule has 0 unspecified atom stereocenters. The van der Waals surface area contributed by atoms with Gasteiger partial charge in [0.25, 0.3) is 11.1 Å². The smallest absolute Gasteiger partial charge is 0.290 e. The fourth-order valence-corrected chi connectivity index (χ4v) is 3.29. The first-order valence-electron chi connectivity index (χ1n) is 7.83. The van der Waals surface area contributed by atoms with Crippen molar-refractivity contribution in [3.63, 3.8) is 0 Å². The molecule has 0 saturated carbocycles. The van der Waals surface area contributed by atoms with Gasteiger partial charge in [-0.25, -0.2) is 0 Å². The topological polar surface area (TPSA) is 55.4 Å². The average molecular weight is 374 g/mol. The first kappa shape index (κ1) is 17.6. The van der Waals surface area contributed by atoms with E-state index in [1.165, 1.54) is 5.56 Å². The summed E-state index contributed by atoms with van der Waals surface area (Å²) in [6.45, 7) is 0.596. The fourth-order valence-electron chi connectivity index (χ4n) is 2.39. The first-order valence-corrected chi connectivity index (χ1v) is 9.02. The lowest BCUT2D eigenvalue weighted by Gasteiger charge is -2.08. The number of rotatable bonds is 6. The minimum Gasteiger partial charge on any atom is -0.494 e. The maximum atomic E-state index is 11.6. The Bertz CT molecular complexity index is 821. The fraction of sp³-hybridized carbons (Fsp3) is 0.158. The monoisotopic (exact) mass is 373 g/mol. The molecule has 0 atom stereocenters. The Morgan fingerprint density at radius 2 is 1.92 bits per heavy atom. The summed E-state index contributed by atoms with van der Waals surface area (Å²) in [5, 5.41) is 2.32. The summed E-state index contributed by atoms with van der Waals surface area (Å²) in [6.07, 6.45) is 3.47. The summed E-state index contributed by atoms with van der Waals surface area (Å²) in [7, 11) is 0. The van der Waals surface area contributed by atoms with Gasteiger partial charge in [0.05, 0.1) is 16.5 Å². The molecular weight excluding hydrogens is 358 g/mol. The third-order valence-corrected chi connectivity index (χ3v) is 4.76. The minimum atomic E-state index is -0.396. The average Bonchev–Trinajstić information content (AvgIpc) is 2.92. The molecule has 1 saturated heterocycles. The van der Waals surface area contributed by atoms with Gasteiger partial charge in [-0.2, -0.15) is 0 Å². The van der Waals surface area contributed by atoms with Gasteiger partial charge in [-0.15, -0.1) is 0 Å². The molecule has 3 rings (SSSR count). The van der Waals surface area contributed by atoms with Gasteiger partial charge in [0.2, 0.25) is 0 Å². The number of thioether (sulfide) groups is 1. The van der Waals surface area contributed by atoms with Gasteiger partial charge in [-0.05, 0) is 60.0 Å². The van der Waals surface area contributed by atoms with E-state index in [4.69, 9.17) is 16.3 Å². The molecule has 0 radical (unpaired) electrons. The van der Waals surface area contributed by atoms with E-state index >= 15 is 0 Å². The van der Waals surface area contributed by atoms with Crippen LogP contribution in [0.25, 0.3) is 6.08 Å². The molecule has 4 nitrogen and oxygen atoms in total. The molecule has 2 aromatic carbocycles. The highest BCUT2D eigenvalue weighted by Gasteiger charge is 2.25. The van der Waals surface area contributed by atoms with Gasteiger partial charge < -0.3 is 4.74 Å². The maximum absolute atomic E-state index is 11.6. The van der Waals surface area contributed by atoms with E-state index in [9.17, 15) is 9.59 Å². The molecule has 2 aromatic rings. The van der Waals surface area contributed by atoms with Crippen LogP contribution in [0.2, 0.25) is 5.02 Å². The van der Waals surface area contributed by atoms with Crippen LogP contribution in [-0.2, 0) is 11.2 Å². The second kappa shape index (κ2) is 8.23. The first-order chi connectivity index (χ1) is 12.1. The van der Waals surface area contributed by atoms with Crippen LogP contribution in [0.1, 0.15) is 17.5 Å². The molecule has 0 spiro atoms. The van der Waals surface area contributed by atoms with Gasteiger partial charge in [-0.3, -0.25) is 14.9 Å². The number of nitrogens with one attached hydrogen (secondary N) is 1. The van der Waals surface area contributed by atoms with Crippen LogP contribution in [0.3, 0.4) is 0 Å². The zero-order chi connectivity index (χ0) is 17.6. The van der Waals surface area contributed by atoms with Crippen molar-refractivity contribution in [3.05, 3.63) is 69.6 Å². The largest absolute Gasteiger partial charge is 0.494 e. The summed E-state index contributed by atoms with van der Waals surface area (Å²) in [4.78, 5) is 23.1. The Labute approximate surface area is 155 Å². The summed E-state index contributed by atoms with van der Waals surface area (Å²) in [5.41, 5.74) is 1.96. The normalized spacial score (nSPS) is 15.5. The van der Waals surface area contributed by atoms with Crippen molar-refractivity contribution in [2.45, 2.75) is 12.8 Å². The van der Waals surface area contributed by atoms with E-state index in [1.807, 2.05) is 18.2 Å².